The molecule has 0 spiro atoms. The van der Waals surface area contributed by atoms with Crippen LogP contribution in [-0.2, 0) is 23.0 Å². The van der Waals surface area contributed by atoms with Crippen LogP contribution in [0.25, 0.3) is 0 Å². The largest absolute Gasteiger partial charge is 0.314 e. The third-order valence-corrected chi connectivity index (χ3v) is 5.35. The van der Waals surface area contributed by atoms with E-state index in [9.17, 15) is 8.42 Å². The van der Waals surface area contributed by atoms with Crippen LogP contribution in [0.1, 0.15) is 49.8 Å². The van der Waals surface area contributed by atoms with Crippen molar-refractivity contribution in [2.45, 2.75) is 51.1 Å². The molecular weight excluding hydrogens is 264 g/mol. The molecular formula is C12H20N4O2S. The van der Waals surface area contributed by atoms with Gasteiger partial charge >= 0.3 is 0 Å². The maximum absolute atomic E-state index is 11.9. The van der Waals surface area contributed by atoms with Gasteiger partial charge in [-0.1, -0.05) is 6.42 Å². The van der Waals surface area contributed by atoms with Crippen molar-refractivity contribution in [2.75, 3.05) is 12.8 Å². The van der Waals surface area contributed by atoms with E-state index in [2.05, 4.69) is 14.8 Å². The summed E-state index contributed by atoms with van der Waals surface area (Å²) in [5, 5.41) is 8.53. The fourth-order valence-electron chi connectivity index (χ4n) is 3.14. The molecule has 0 N–H and O–H groups in total. The summed E-state index contributed by atoms with van der Waals surface area (Å²) < 4.78 is 27.6. The molecule has 0 aromatic carbocycles. The molecule has 1 saturated heterocycles. The summed E-state index contributed by atoms with van der Waals surface area (Å²) in [5.74, 6) is 1.86. The van der Waals surface area contributed by atoms with Gasteiger partial charge in [-0.15, -0.1) is 10.2 Å². The van der Waals surface area contributed by atoms with E-state index in [0.29, 0.717) is 6.54 Å². The molecule has 1 aromatic heterocycles. The molecule has 6 nitrogen and oxygen atoms in total. The first kappa shape index (κ1) is 13.1. The predicted molar refractivity (Wildman–Crippen MR) is 71.1 cm³/mol. The summed E-state index contributed by atoms with van der Waals surface area (Å²) in [6, 6.07) is -0.122. The maximum atomic E-state index is 11.9. The lowest BCUT2D eigenvalue weighted by molar-refractivity contribution is 0.240. The highest BCUT2D eigenvalue weighted by Crippen LogP contribution is 2.33. The Morgan fingerprint density at radius 1 is 1.11 bits per heavy atom. The quantitative estimate of drug-likeness (QED) is 0.815. The molecule has 2 aliphatic heterocycles. The second-order valence-electron chi connectivity index (χ2n) is 5.47. The van der Waals surface area contributed by atoms with Crippen molar-refractivity contribution >= 4 is 10.0 Å². The van der Waals surface area contributed by atoms with Gasteiger partial charge in [-0.25, -0.2) is 8.42 Å². The number of rotatable bonds is 2. The van der Waals surface area contributed by atoms with Gasteiger partial charge in [-0.05, 0) is 25.7 Å². The number of aromatic nitrogens is 3. The molecule has 1 atom stereocenters. The molecule has 0 amide bonds. The summed E-state index contributed by atoms with van der Waals surface area (Å²) in [4.78, 5) is 0. The van der Waals surface area contributed by atoms with Crippen LogP contribution < -0.4 is 0 Å². The first-order valence-electron chi connectivity index (χ1n) is 6.96. The van der Waals surface area contributed by atoms with E-state index in [0.717, 1.165) is 56.7 Å². The highest BCUT2D eigenvalue weighted by Gasteiger charge is 2.34. The fraction of sp³-hybridized carbons (Fsp3) is 0.833. The van der Waals surface area contributed by atoms with Crippen molar-refractivity contribution in [3.63, 3.8) is 0 Å². The Labute approximate surface area is 113 Å². The molecule has 2 aliphatic rings. The standard InChI is InChI=1S/C12H20N4O2S/c1-19(17,18)16-9-5-2-6-10(16)12-14-13-11-7-3-4-8-15(11)12/h10H,2-9H2,1H3. The molecule has 0 saturated carbocycles. The van der Waals surface area contributed by atoms with Gasteiger partial charge in [0.25, 0.3) is 0 Å². The van der Waals surface area contributed by atoms with E-state index >= 15 is 0 Å². The van der Waals surface area contributed by atoms with Gasteiger partial charge in [0.05, 0.1) is 12.3 Å². The topological polar surface area (TPSA) is 68.1 Å². The number of hydrogen-bond donors (Lipinski definition) is 0. The number of aryl methyl sites for hydroxylation is 1. The number of nitrogens with zero attached hydrogens (tertiary/aromatic N) is 4. The zero-order valence-electron chi connectivity index (χ0n) is 11.2. The van der Waals surface area contributed by atoms with Crippen molar-refractivity contribution in [1.82, 2.24) is 19.1 Å². The van der Waals surface area contributed by atoms with Crippen LogP contribution in [0.15, 0.2) is 0 Å². The molecule has 1 unspecified atom stereocenters. The van der Waals surface area contributed by atoms with E-state index < -0.39 is 10.0 Å². The highest BCUT2D eigenvalue weighted by atomic mass is 32.2. The Morgan fingerprint density at radius 3 is 2.68 bits per heavy atom. The zero-order chi connectivity index (χ0) is 13.5. The lowest BCUT2D eigenvalue weighted by Gasteiger charge is -2.33. The minimum Gasteiger partial charge on any atom is -0.314 e. The lowest BCUT2D eigenvalue weighted by Crippen LogP contribution is -2.39. The predicted octanol–water partition coefficient (Wildman–Crippen LogP) is 1.10. The number of hydrogen-bond acceptors (Lipinski definition) is 4. The smallest absolute Gasteiger partial charge is 0.211 e. The molecule has 106 valence electrons. The highest BCUT2D eigenvalue weighted by molar-refractivity contribution is 7.88. The molecule has 3 heterocycles. The summed E-state index contributed by atoms with van der Waals surface area (Å²) in [7, 11) is -3.18. The van der Waals surface area contributed by atoms with Gasteiger partial charge < -0.3 is 4.57 Å². The van der Waals surface area contributed by atoms with Crippen molar-refractivity contribution in [2.24, 2.45) is 0 Å². The van der Waals surface area contributed by atoms with E-state index in [1.165, 1.54) is 6.26 Å². The molecule has 0 radical (unpaired) electrons. The summed E-state index contributed by atoms with van der Waals surface area (Å²) in [6.07, 6.45) is 7.37. The molecule has 1 aromatic rings. The van der Waals surface area contributed by atoms with Crippen molar-refractivity contribution in [1.29, 1.82) is 0 Å². The average molecular weight is 284 g/mol. The minimum atomic E-state index is -3.18. The number of fused-ring (bicyclic) bond motifs is 1. The van der Waals surface area contributed by atoms with Crippen LogP contribution in [0.3, 0.4) is 0 Å². The fourth-order valence-corrected chi connectivity index (χ4v) is 4.26. The van der Waals surface area contributed by atoms with Crippen LogP contribution in [0.2, 0.25) is 0 Å². The van der Waals surface area contributed by atoms with Crippen LogP contribution in [0.4, 0.5) is 0 Å². The normalized spacial score (nSPS) is 25.2. The Balaban J connectivity index is 1.97. The first-order chi connectivity index (χ1) is 9.07. The molecule has 0 bridgehead atoms. The van der Waals surface area contributed by atoms with Gasteiger partial charge in [0.1, 0.15) is 5.82 Å². The Hall–Kier alpha value is -0.950. The van der Waals surface area contributed by atoms with Crippen molar-refractivity contribution in [3.05, 3.63) is 11.6 Å². The molecule has 19 heavy (non-hydrogen) atoms. The minimum absolute atomic E-state index is 0.122. The van der Waals surface area contributed by atoms with Crippen molar-refractivity contribution < 1.29 is 8.42 Å². The zero-order valence-corrected chi connectivity index (χ0v) is 12.1. The van der Waals surface area contributed by atoms with Crippen LogP contribution in [0.5, 0.6) is 0 Å². The molecule has 1 fully saturated rings. The van der Waals surface area contributed by atoms with E-state index in [4.69, 9.17) is 0 Å². The Morgan fingerprint density at radius 2 is 1.89 bits per heavy atom. The third kappa shape index (κ3) is 2.41. The van der Waals surface area contributed by atoms with Gasteiger partial charge in [0.15, 0.2) is 5.82 Å². The lowest BCUT2D eigenvalue weighted by atomic mass is 10.0. The van der Waals surface area contributed by atoms with E-state index in [1.807, 2.05) is 0 Å². The van der Waals surface area contributed by atoms with Gasteiger partial charge in [-0.2, -0.15) is 4.31 Å². The maximum Gasteiger partial charge on any atom is 0.211 e. The summed E-state index contributed by atoms with van der Waals surface area (Å²) >= 11 is 0. The third-order valence-electron chi connectivity index (χ3n) is 4.07. The number of sulfonamides is 1. The van der Waals surface area contributed by atoms with Gasteiger partial charge in [0, 0.05) is 19.5 Å². The monoisotopic (exact) mass is 284 g/mol. The first-order valence-corrected chi connectivity index (χ1v) is 8.81. The summed E-state index contributed by atoms with van der Waals surface area (Å²) in [5.41, 5.74) is 0. The number of piperidine rings is 1. The SMILES string of the molecule is CS(=O)(=O)N1CCCCC1c1nnc2n1CCCC2. The van der Waals surface area contributed by atoms with Crippen LogP contribution in [-0.4, -0.2) is 40.3 Å². The Bertz CT molecular complexity index is 566. The van der Waals surface area contributed by atoms with Crippen molar-refractivity contribution in [3.8, 4) is 0 Å². The second-order valence-corrected chi connectivity index (χ2v) is 7.40. The van der Waals surface area contributed by atoms with Gasteiger partial charge in [-0.3, -0.25) is 0 Å². The van der Waals surface area contributed by atoms with Gasteiger partial charge in [0.2, 0.25) is 10.0 Å². The summed E-state index contributed by atoms with van der Waals surface area (Å²) in [6.45, 7) is 1.53. The van der Waals surface area contributed by atoms with Crippen LogP contribution in [0, 0.1) is 0 Å². The molecule has 7 heteroatoms. The molecule has 3 rings (SSSR count). The van der Waals surface area contributed by atoms with Crippen LogP contribution >= 0.6 is 0 Å². The average Bonchev–Trinajstić information content (AvgIpc) is 2.81. The molecule has 0 aliphatic carbocycles. The Kier molecular flexibility index (Phi) is 3.34. The van der Waals surface area contributed by atoms with E-state index in [-0.39, 0.29) is 6.04 Å². The second kappa shape index (κ2) is 4.86. The van der Waals surface area contributed by atoms with E-state index in [1.54, 1.807) is 4.31 Å².